The standard InChI is InChI=1S/C7H8BF3/c8-4-1-2-6(10)7(11)3-5-9/h2-3H,1,4-5H2/b6-2+,7-3+. The van der Waals surface area contributed by atoms with E-state index in [0.717, 1.165) is 6.08 Å². The molecule has 2 radical (unpaired) electrons. The summed E-state index contributed by atoms with van der Waals surface area (Å²) in [6.45, 7) is -1.00. The highest BCUT2D eigenvalue weighted by atomic mass is 19.2. The molecule has 0 unspecified atom stereocenters. The fourth-order valence-corrected chi connectivity index (χ4v) is 0.473. The van der Waals surface area contributed by atoms with Gasteiger partial charge in [0.1, 0.15) is 6.67 Å². The van der Waals surface area contributed by atoms with Gasteiger partial charge in [-0.1, -0.05) is 6.32 Å². The van der Waals surface area contributed by atoms with Gasteiger partial charge >= 0.3 is 0 Å². The molecule has 0 fully saturated rings. The third-order valence-electron chi connectivity index (χ3n) is 0.975. The number of hydrogen-bond acceptors (Lipinski definition) is 0. The molecule has 0 aromatic heterocycles. The molecule has 0 N–H and O–H groups in total. The summed E-state index contributed by atoms with van der Waals surface area (Å²) in [5.74, 6) is -2.21. The van der Waals surface area contributed by atoms with Crippen molar-refractivity contribution < 1.29 is 13.2 Å². The molecular weight excluding hydrogens is 152 g/mol. The third kappa shape index (κ3) is 4.70. The van der Waals surface area contributed by atoms with E-state index < -0.39 is 18.3 Å². The van der Waals surface area contributed by atoms with Crippen LogP contribution in [0, 0.1) is 0 Å². The molecule has 0 spiro atoms. The van der Waals surface area contributed by atoms with Crippen molar-refractivity contribution in [1.29, 1.82) is 0 Å². The van der Waals surface area contributed by atoms with Gasteiger partial charge in [-0.15, -0.1) is 0 Å². The fourth-order valence-electron chi connectivity index (χ4n) is 0.473. The van der Waals surface area contributed by atoms with Crippen LogP contribution in [0.25, 0.3) is 0 Å². The van der Waals surface area contributed by atoms with Crippen LogP contribution in [0.1, 0.15) is 6.42 Å². The Balaban J connectivity index is 4.00. The Labute approximate surface area is 65.2 Å². The van der Waals surface area contributed by atoms with E-state index in [1.807, 2.05) is 0 Å². The first-order valence-corrected chi connectivity index (χ1v) is 3.20. The van der Waals surface area contributed by atoms with Crippen molar-refractivity contribution in [3.63, 3.8) is 0 Å². The van der Waals surface area contributed by atoms with Gasteiger partial charge in [0.05, 0.1) is 7.85 Å². The predicted octanol–water partition coefficient (Wildman–Crippen LogP) is 2.64. The van der Waals surface area contributed by atoms with Crippen LogP contribution in [-0.4, -0.2) is 14.5 Å². The summed E-state index contributed by atoms with van der Waals surface area (Å²) in [4.78, 5) is 0. The maximum absolute atomic E-state index is 12.4. The number of allylic oxidation sites excluding steroid dienone is 4. The Morgan fingerprint density at radius 2 is 1.73 bits per heavy atom. The fraction of sp³-hybridized carbons (Fsp3) is 0.429. The Morgan fingerprint density at radius 1 is 1.18 bits per heavy atom. The van der Waals surface area contributed by atoms with E-state index in [-0.39, 0.29) is 12.7 Å². The van der Waals surface area contributed by atoms with Crippen LogP contribution in [0.5, 0.6) is 0 Å². The van der Waals surface area contributed by atoms with Crippen molar-refractivity contribution >= 4 is 7.85 Å². The van der Waals surface area contributed by atoms with Gasteiger partial charge in [-0.05, 0) is 18.6 Å². The second-order valence-corrected chi connectivity index (χ2v) is 1.84. The van der Waals surface area contributed by atoms with Crippen molar-refractivity contribution in [1.82, 2.24) is 0 Å². The zero-order chi connectivity index (χ0) is 8.69. The lowest BCUT2D eigenvalue weighted by Gasteiger charge is -1.91. The summed E-state index contributed by atoms with van der Waals surface area (Å²) in [6.07, 6.45) is 2.01. The van der Waals surface area contributed by atoms with Gasteiger partial charge in [-0.25, -0.2) is 13.2 Å². The van der Waals surface area contributed by atoms with E-state index in [4.69, 9.17) is 7.85 Å². The van der Waals surface area contributed by atoms with Gasteiger partial charge < -0.3 is 0 Å². The Hall–Kier alpha value is -0.665. The number of hydrogen-bond donors (Lipinski definition) is 0. The van der Waals surface area contributed by atoms with Gasteiger partial charge in [0.25, 0.3) is 0 Å². The molecule has 0 aliphatic carbocycles. The van der Waals surface area contributed by atoms with Crippen LogP contribution in [0.3, 0.4) is 0 Å². The molecule has 60 valence electrons. The van der Waals surface area contributed by atoms with E-state index in [0.29, 0.717) is 6.08 Å². The molecule has 11 heavy (non-hydrogen) atoms. The van der Waals surface area contributed by atoms with Crippen molar-refractivity contribution in [3.05, 3.63) is 23.8 Å². The zero-order valence-electron chi connectivity index (χ0n) is 5.99. The first-order valence-electron chi connectivity index (χ1n) is 3.20. The average Bonchev–Trinajstić information content (AvgIpc) is 2.00. The molecule has 0 amide bonds. The van der Waals surface area contributed by atoms with Crippen LogP contribution in [0.4, 0.5) is 13.2 Å². The Bertz CT molecular complexity index is 163. The average molecular weight is 160 g/mol. The van der Waals surface area contributed by atoms with E-state index in [1.54, 1.807) is 0 Å². The quantitative estimate of drug-likeness (QED) is 0.438. The topological polar surface area (TPSA) is 0 Å². The smallest absolute Gasteiger partial charge is 0.157 e. The molecule has 0 aliphatic heterocycles. The zero-order valence-corrected chi connectivity index (χ0v) is 5.99. The Morgan fingerprint density at radius 3 is 2.18 bits per heavy atom. The molecule has 0 aromatic rings. The molecule has 0 saturated heterocycles. The highest BCUT2D eigenvalue weighted by Gasteiger charge is 2.00. The molecule has 0 heterocycles. The maximum Gasteiger partial charge on any atom is 0.157 e. The largest absolute Gasteiger partial charge is 0.246 e. The minimum absolute atomic E-state index is 0.246. The lowest BCUT2D eigenvalue weighted by Crippen LogP contribution is -1.78. The minimum Gasteiger partial charge on any atom is -0.246 e. The van der Waals surface area contributed by atoms with Crippen molar-refractivity contribution in [2.75, 3.05) is 6.67 Å². The van der Waals surface area contributed by atoms with Gasteiger partial charge in [0.2, 0.25) is 0 Å². The lowest BCUT2D eigenvalue weighted by molar-refractivity contribution is 0.514. The van der Waals surface area contributed by atoms with Crippen LogP contribution in [-0.2, 0) is 0 Å². The van der Waals surface area contributed by atoms with E-state index in [1.165, 1.54) is 0 Å². The third-order valence-corrected chi connectivity index (χ3v) is 0.975. The normalized spacial score (nSPS) is 13.7. The molecule has 0 rings (SSSR count). The monoisotopic (exact) mass is 160 g/mol. The highest BCUT2D eigenvalue weighted by molar-refractivity contribution is 6.08. The van der Waals surface area contributed by atoms with Gasteiger partial charge in [-0.2, -0.15) is 0 Å². The van der Waals surface area contributed by atoms with Gasteiger partial charge in [-0.3, -0.25) is 0 Å². The highest BCUT2D eigenvalue weighted by Crippen LogP contribution is 2.13. The lowest BCUT2D eigenvalue weighted by atomic mass is 10.0. The summed E-state index contributed by atoms with van der Waals surface area (Å²) in [5, 5.41) is 0. The molecule has 0 bridgehead atoms. The molecule has 0 saturated carbocycles. The summed E-state index contributed by atoms with van der Waals surface area (Å²) >= 11 is 0. The van der Waals surface area contributed by atoms with Crippen LogP contribution < -0.4 is 0 Å². The second kappa shape index (κ2) is 6.07. The molecule has 0 atom stereocenters. The van der Waals surface area contributed by atoms with E-state index in [2.05, 4.69) is 0 Å². The summed E-state index contributed by atoms with van der Waals surface area (Å²) in [7, 11) is 5.02. The Kier molecular flexibility index (Phi) is 5.70. The van der Waals surface area contributed by atoms with Gasteiger partial charge in [0.15, 0.2) is 11.7 Å². The molecule has 0 nitrogen and oxygen atoms in total. The number of rotatable bonds is 4. The van der Waals surface area contributed by atoms with Crippen LogP contribution in [0.15, 0.2) is 23.8 Å². The summed E-state index contributed by atoms with van der Waals surface area (Å²) in [5.41, 5.74) is 0. The SMILES string of the molecule is [B]CC/C=C(F)\C(F)=C/CF. The van der Waals surface area contributed by atoms with Crippen molar-refractivity contribution in [2.45, 2.75) is 12.7 Å². The molecule has 4 heteroatoms. The van der Waals surface area contributed by atoms with Crippen LogP contribution in [0.2, 0.25) is 6.32 Å². The van der Waals surface area contributed by atoms with E-state index >= 15 is 0 Å². The molecule has 0 aromatic carbocycles. The van der Waals surface area contributed by atoms with Crippen LogP contribution >= 0.6 is 0 Å². The first kappa shape index (κ1) is 10.3. The maximum atomic E-state index is 12.4. The van der Waals surface area contributed by atoms with E-state index in [9.17, 15) is 13.2 Å². The molecule has 0 aliphatic rings. The summed E-state index contributed by atoms with van der Waals surface area (Å²) in [6, 6.07) is 0. The minimum atomic E-state index is -1.17. The predicted molar refractivity (Wildman–Crippen MR) is 39.5 cm³/mol. The molecular formula is C7H8BF3. The van der Waals surface area contributed by atoms with Crippen molar-refractivity contribution in [2.24, 2.45) is 0 Å². The number of halogens is 3. The van der Waals surface area contributed by atoms with Crippen molar-refractivity contribution in [3.8, 4) is 0 Å². The first-order chi connectivity index (χ1) is 5.22. The van der Waals surface area contributed by atoms with Gasteiger partial charge in [0, 0.05) is 0 Å². The number of alkyl halides is 1. The summed E-state index contributed by atoms with van der Waals surface area (Å²) < 4.78 is 36.0. The second-order valence-electron chi connectivity index (χ2n) is 1.84.